The van der Waals surface area contributed by atoms with Crippen LogP contribution in [0.15, 0.2) is 33.4 Å². The molecule has 19 heavy (non-hydrogen) atoms. The Morgan fingerprint density at radius 3 is 2.42 bits per heavy atom. The van der Waals surface area contributed by atoms with Crippen LogP contribution in [0, 0.1) is 0 Å². The van der Waals surface area contributed by atoms with Gasteiger partial charge in [-0.1, -0.05) is 0 Å². The van der Waals surface area contributed by atoms with Gasteiger partial charge in [0.25, 0.3) is 5.91 Å². The monoisotopic (exact) mass is 339 g/mol. The van der Waals surface area contributed by atoms with Crippen LogP contribution >= 0.6 is 27.3 Å². The number of carbonyl (C=O) groups is 1. The van der Waals surface area contributed by atoms with Crippen LogP contribution in [-0.4, -0.2) is 17.9 Å². The standard InChI is InChI=1S/C13H14BrN3OS/c1-17(6-8-2-12(14)19-7-8)13(18)9-3-10(15)5-11(16)4-9/h2-5,7H,6,15-16H2,1H3. The smallest absolute Gasteiger partial charge is 0.254 e. The number of nitrogens with two attached hydrogens (primary N) is 2. The summed E-state index contributed by atoms with van der Waals surface area (Å²) in [6.45, 7) is 0.551. The summed E-state index contributed by atoms with van der Waals surface area (Å²) >= 11 is 5.00. The van der Waals surface area contributed by atoms with Gasteiger partial charge in [-0.25, -0.2) is 0 Å². The summed E-state index contributed by atoms with van der Waals surface area (Å²) in [5.41, 5.74) is 14.0. The van der Waals surface area contributed by atoms with E-state index in [-0.39, 0.29) is 5.91 Å². The van der Waals surface area contributed by atoms with Gasteiger partial charge >= 0.3 is 0 Å². The predicted octanol–water partition coefficient (Wildman–Crippen LogP) is 2.95. The zero-order chi connectivity index (χ0) is 14.0. The van der Waals surface area contributed by atoms with Crippen LogP contribution in [0.3, 0.4) is 0 Å². The van der Waals surface area contributed by atoms with E-state index in [1.807, 2.05) is 11.4 Å². The maximum Gasteiger partial charge on any atom is 0.254 e. The van der Waals surface area contributed by atoms with E-state index in [0.717, 1.165) is 9.35 Å². The third-order valence-corrected chi connectivity index (χ3v) is 4.17. The maximum absolute atomic E-state index is 12.3. The number of nitrogens with zero attached hydrogens (tertiary/aromatic N) is 1. The molecule has 0 saturated heterocycles. The number of benzene rings is 1. The number of carbonyl (C=O) groups excluding carboxylic acids is 1. The van der Waals surface area contributed by atoms with Crippen LogP contribution in [-0.2, 0) is 6.54 Å². The molecule has 0 aliphatic carbocycles. The molecule has 2 aromatic rings. The average molecular weight is 340 g/mol. The van der Waals surface area contributed by atoms with Gasteiger partial charge in [-0.05, 0) is 51.1 Å². The molecule has 0 fully saturated rings. The van der Waals surface area contributed by atoms with E-state index in [2.05, 4.69) is 15.9 Å². The lowest BCUT2D eigenvalue weighted by molar-refractivity contribution is 0.0785. The van der Waals surface area contributed by atoms with Gasteiger partial charge in [0.1, 0.15) is 0 Å². The van der Waals surface area contributed by atoms with Gasteiger partial charge in [0.05, 0.1) is 3.79 Å². The van der Waals surface area contributed by atoms with Crippen molar-refractivity contribution in [3.63, 3.8) is 0 Å². The predicted molar refractivity (Wildman–Crippen MR) is 83.1 cm³/mol. The molecular formula is C13H14BrN3OS. The first-order valence-electron chi connectivity index (χ1n) is 5.60. The molecule has 6 heteroatoms. The fraction of sp³-hybridized carbons (Fsp3) is 0.154. The first kappa shape index (κ1) is 13.9. The van der Waals surface area contributed by atoms with Gasteiger partial charge < -0.3 is 16.4 Å². The lowest BCUT2D eigenvalue weighted by Crippen LogP contribution is -2.26. The number of anilines is 2. The summed E-state index contributed by atoms with van der Waals surface area (Å²) in [4.78, 5) is 13.9. The summed E-state index contributed by atoms with van der Waals surface area (Å²) < 4.78 is 1.05. The van der Waals surface area contributed by atoms with Crippen LogP contribution in [0.5, 0.6) is 0 Å². The van der Waals surface area contributed by atoms with Crippen molar-refractivity contribution in [1.29, 1.82) is 0 Å². The summed E-state index contributed by atoms with van der Waals surface area (Å²) in [5.74, 6) is -0.0960. The van der Waals surface area contributed by atoms with Crippen molar-refractivity contribution >= 4 is 44.5 Å². The highest BCUT2D eigenvalue weighted by Crippen LogP contribution is 2.22. The summed E-state index contributed by atoms with van der Waals surface area (Å²) in [5, 5.41) is 2.02. The number of hydrogen-bond acceptors (Lipinski definition) is 4. The highest BCUT2D eigenvalue weighted by atomic mass is 79.9. The van der Waals surface area contributed by atoms with Crippen molar-refractivity contribution in [2.24, 2.45) is 0 Å². The van der Waals surface area contributed by atoms with Crippen LogP contribution in [0.4, 0.5) is 11.4 Å². The van der Waals surface area contributed by atoms with Crippen LogP contribution < -0.4 is 11.5 Å². The highest BCUT2D eigenvalue weighted by Gasteiger charge is 2.13. The molecule has 0 saturated carbocycles. The van der Waals surface area contributed by atoms with Crippen LogP contribution in [0.1, 0.15) is 15.9 Å². The van der Waals surface area contributed by atoms with Crippen molar-refractivity contribution in [2.45, 2.75) is 6.54 Å². The van der Waals surface area contributed by atoms with Crippen molar-refractivity contribution in [2.75, 3.05) is 18.5 Å². The summed E-state index contributed by atoms with van der Waals surface area (Å²) in [7, 11) is 1.76. The quantitative estimate of drug-likeness (QED) is 0.844. The first-order chi connectivity index (χ1) is 8.95. The molecule has 4 N–H and O–H groups in total. The third kappa shape index (κ3) is 3.48. The molecule has 100 valence electrons. The zero-order valence-electron chi connectivity index (χ0n) is 10.4. The molecule has 0 bridgehead atoms. The normalized spacial score (nSPS) is 10.4. The SMILES string of the molecule is CN(Cc1csc(Br)c1)C(=O)c1cc(N)cc(N)c1. The minimum Gasteiger partial charge on any atom is -0.399 e. The van der Waals surface area contributed by atoms with Crippen LogP contribution in [0.2, 0.25) is 0 Å². The number of hydrogen-bond donors (Lipinski definition) is 2. The second-order valence-electron chi connectivity index (χ2n) is 4.31. The maximum atomic E-state index is 12.3. The third-order valence-electron chi connectivity index (χ3n) is 2.61. The second kappa shape index (κ2) is 5.63. The van der Waals surface area contributed by atoms with Gasteiger partial charge in [-0.3, -0.25) is 4.79 Å². The van der Waals surface area contributed by atoms with Gasteiger partial charge in [0, 0.05) is 30.5 Å². The van der Waals surface area contributed by atoms with Crippen molar-refractivity contribution < 1.29 is 4.79 Å². The molecule has 0 aliphatic rings. The lowest BCUT2D eigenvalue weighted by Gasteiger charge is -2.17. The van der Waals surface area contributed by atoms with E-state index < -0.39 is 0 Å². The van der Waals surface area contributed by atoms with Crippen molar-refractivity contribution in [3.05, 3.63) is 44.6 Å². The minimum absolute atomic E-state index is 0.0960. The number of halogens is 1. The fourth-order valence-electron chi connectivity index (χ4n) is 1.79. The van der Waals surface area contributed by atoms with Gasteiger partial charge in [0.2, 0.25) is 0 Å². The van der Waals surface area contributed by atoms with Gasteiger partial charge in [-0.2, -0.15) is 0 Å². The van der Waals surface area contributed by atoms with Gasteiger partial charge in [-0.15, -0.1) is 11.3 Å². The largest absolute Gasteiger partial charge is 0.399 e. The van der Waals surface area contributed by atoms with Gasteiger partial charge in [0.15, 0.2) is 0 Å². The Bertz CT molecular complexity index is 591. The molecule has 0 unspecified atom stereocenters. The molecule has 2 rings (SSSR count). The Balaban J connectivity index is 2.14. The van der Waals surface area contributed by atoms with E-state index in [9.17, 15) is 4.79 Å². The highest BCUT2D eigenvalue weighted by molar-refractivity contribution is 9.11. The van der Waals surface area contributed by atoms with E-state index in [1.54, 1.807) is 41.5 Å². The van der Waals surface area contributed by atoms with E-state index in [4.69, 9.17) is 11.5 Å². The van der Waals surface area contributed by atoms with Crippen LogP contribution in [0.25, 0.3) is 0 Å². The average Bonchev–Trinajstić information content (AvgIpc) is 2.72. The minimum atomic E-state index is -0.0960. The molecule has 1 aromatic heterocycles. The molecule has 1 amide bonds. The Morgan fingerprint density at radius 1 is 1.26 bits per heavy atom. The summed E-state index contributed by atoms with van der Waals surface area (Å²) in [6, 6.07) is 6.91. The lowest BCUT2D eigenvalue weighted by atomic mass is 10.1. The zero-order valence-corrected chi connectivity index (χ0v) is 12.8. The molecule has 4 nitrogen and oxygen atoms in total. The second-order valence-corrected chi connectivity index (χ2v) is 6.60. The Hall–Kier alpha value is -1.53. The number of rotatable bonds is 3. The van der Waals surface area contributed by atoms with E-state index in [1.165, 1.54) is 0 Å². The van der Waals surface area contributed by atoms with Crippen molar-refractivity contribution in [1.82, 2.24) is 4.90 Å². The molecule has 1 heterocycles. The van der Waals surface area contributed by atoms with Crippen molar-refractivity contribution in [3.8, 4) is 0 Å². The molecular weight excluding hydrogens is 326 g/mol. The Kier molecular flexibility index (Phi) is 4.11. The molecule has 1 aromatic carbocycles. The molecule has 0 spiro atoms. The molecule has 0 radical (unpaired) electrons. The number of thiophene rings is 1. The molecule has 0 atom stereocenters. The summed E-state index contributed by atoms with van der Waals surface area (Å²) in [6.07, 6.45) is 0. The Labute approximate surface area is 124 Å². The molecule has 0 aliphatic heterocycles. The van der Waals surface area contributed by atoms with E-state index >= 15 is 0 Å². The number of amides is 1. The number of nitrogen functional groups attached to an aromatic ring is 2. The fourth-order valence-corrected chi connectivity index (χ4v) is 3.00. The van der Waals surface area contributed by atoms with E-state index in [0.29, 0.717) is 23.5 Å². The topological polar surface area (TPSA) is 72.3 Å². The Morgan fingerprint density at radius 2 is 1.89 bits per heavy atom. The first-order valence-corrected chi connectivity index (χ1v) is 7.27.